The second kappa shape index (κ2) is 6.52. The highest BCUT2D eigenvalue weighted by molar-refractivity contribution is 9.10. The van der Waals surface area contributed by atoms with Crippen molar-refractivity contribution in [3.05, 3.63) is 46.7 Å². The molecule has 0 aliphatic rings. The first kappa shape index (κ1) is 14.5. The van der Waals surface area contributed by atoms with Crippen molar-refractivity contribution >= 4 is 21.9 Å². The predicted molar refractivity (Wildman–Crippen MR) is 80.1 cm³/mol. The van der Waals surface area contributed by atoms with Crippen LogP contribution in [0.3, 0.4) is 0 Å². The SMILES string of the molecule is CCCOc1cncc(-c2ccc(Br)c(C(=O)O)c2)c1. The van der Waals surface area contributed by atoms with Crippen LogP contribution < -0.4 is 4.74 Å². The van der Waals surface area contributed by atoms with Gasteiger partial charge in [-0.05, 0) is 46.1 Å². The molecule has 1 heterocycles. The fourth-order valence-electron chi connectivity index (χ4n) is 1.74. The first-order chi connectivity index (χ1) is 9.61. The molecule has 0 spiro atoms. The van der Waals surface area contributed by atoms with E-state index in [1.54, 1.807) is 24.5 Å². The van der Waals surface area contributed by atoms with Gasteiger partial charge in [0.1, 0.15) is 5.75 Å². The Morgan fingerprint density at radius 3 is 2.80 bits per heavy atom. The molecule has 20 heavy (non-hydrogen) atoms. The molecule has 1 aromatic carbocycles. The van der Waals surface area contributed by atoms with Crippen molar-refractivity contribution in [3.63, 3.8) is 0 Å². The average molecular weight is 336 g/mol. The minimum absolute atomic E-state index is 0.224. The summed E-state index contributed by atoms with van der Waals surface area (Å²) in [5, 5.41) is 9.14. The van der Waals surface area contributed by atoms with Crippen LogP contribution in [0, 0.1) is 0 Å². The third-order valence-corrected chi connectivity index (χ3v) is 3.41. The van der Waals surface area contributed by atoms with Gasteiger partial charge < -0.3 is 9.84 Å². The van der Waals surface area contributed by atoms with Gasteiger partial charge in [-0.15, -0.1) is 0 Å². The highest BCUT2D eigenvalue weighted by Gasteiger charge is 2.10. The molecule has 1 N–H and O–H groups in total. The monoisotopic (exact) mass is 335 g/mol. The smallest absolute Gasteiger partial charge is 0.336 e. The normalized spacial score (nSPS) is 10.3. The summed E-state index contributed by atoms with van der Waals surface area (Å²) >= 11 is 3.23. The van der Waals surface area contributed by atoms with Gasteiger partial charge in [0.2, 0.25) is 0 Å². The summed E-state index contributed by atoms with van der Waals surface area (Å²) in [6.07, 6.45) is 4.26. The molecule has 0 aliphatic heterocycles. The minimum atomic E-state index is -0.968. The van der Waals surface area contributed by atoms with Crippen LogP contribution >= 0.6 is 15.9 Å². The molecule has 104 valence electrons. The zero-order valence-electron chi connectivity index (χ0n) is 11.0. The number of aromatic carboxylic acids is 1. The number of halogens is 1. The van der Waals surface area contributed by atoms with E-state index in [-0.39, 0.29) is 5.56 Å². The van der Waals surface area contributed by atoms with Crippen LogP contribution in [0.1, 0.15) is 23.7 Å². The molecule has 0 fully saturated rings. The maximum Gasteiger partial charge on any atom is 0.336 e. The van der Waals surface area contributed by atoms with Crippen LogP contribution in [-0.4, -0.2) is 22.7 Å². The molecule has 0 saturated carbocycles. The third kappa shape index (κ3) is 3.36. The number of hydrogen-bond acceptors (Lipinski definition) is 3. The Labute approximate surface area is 125 Å². The molecule has 0 bridgehead atoms. The van der Waals surface area contributed by atoms with Crippen molar-refractivity contribution in [3.8, 4) is 16.9 Å². The Bertz CT molecular complexity index is 628. The van der Waals surface area contributed by atoms with E-state index >= 15 is 0 Å². The maximum absolute atomic E-state index is 11.1. The van der Waals surface area contributed by atoms with Crippen LogP contribution in [0.5, 0.6) is 5.75 Å². The van der Waals surface area contributed by atoms with Gasteiger partial charge in [-0.2, -0.15) is 0 Å². The summed E-state index contributed by atoms with van der Waals surface area (Å²) in [5.74, 6) is -0.283. The second-order valence-corrected chi connectivity index (χ2v) is 5.11. The van der Waals surface area contributed by atoms with Gasteiger partial charge in [-0.25, -0.2) is 4.79 Å². The summed E-state index contributed by atoms with van der Waals surface area (Å²) in [6.45, 7) is 2.66. The molecule has 2 aromatic rings. The number of nitrogens with zero attached hydrogens (tertiary/aromatic N) is 1. The van der Waals surface area contributed by atoms with Crippen molar-refractivity contribution in [2.75, 3.05) is 6.61 Å². The lowest BCUT2D eigenvalue weighted by Gasteiger charge is -2.08. The standard InChI is InChI=1S/C15H14BrNO3/c1-2-5-20-12-6-11(8-17-9-12)10-3-4-14(16)13(7-10)15(18)19/h3-4,6-9H,2,5H2,1H3,(H,18,19). The zero-order chi connectivity index (χ0) is 14.5. The van der Waals surface area contributed by atoms with Crippen LogP contribution in [0.4, 0.5) is 0 Å². The van der Waals surface area contributed by atoms with Crippen LogP contribution in [0.15, 0.2) is 41.1 Å². The second-order valence-electron chi connectivity index (χ2n) is 4.26. The number of rotatable bonds is 5. The van der Waals surface area contributed by atoms with Gasteiger partial charge in [0.15, 0.2) is 0 Å². The Morgan fingerprint density at radius 2 is 2.10 bits per heavy atom. The lowest BCUT2D eigenvalue weighted by atomic mass is 10.0. The molecule has 0 atom stereocenters. The van der Waals surface area contributed by atoms with Gasteiger partial charge in [-0.1, -0.05) is 13.0 Å². The fourth-order valence-corrected chi connectivity index (χ4v) is 2.16. The van der Waals surface area contributed by atoms with E-state index in [4.69, 9.17) is 9.84 Å². The molecule has 2 rings (SSSR count). The van der Waals surface area contributed by atoms with Crippen LogP contribution in [0.2, 0.25) is 0 Å². The summed E-state index contributed by atoms with van der Waals surface area (Å²) in [4.78, 5) is 15.3. The van der Waals surface area contributed by atoms with E-state index in [9.17, 15) is 4.79 Å². The van der Waals surface area contributed by atoms with Crippen LogP contribution in [0.25, 0.3) is 11.1 Å². The molecule has 0 amide bonds. The number of benzene rings is 1. The van der Waals surface area contributed by atoms with Crippen molar-refractivity contribution in [1.82, 2.24) is 4.98 Å². The Hall–Kier alpha value is -1.88. The molecule has 0 unspecified atom stereocenters. The number of aromatic nitrogens is 1. The number of ether oxygens (including phenoxy) is 1. The van der Waals surface area contributed by atoms with Crippen molar-refractivity contribution in [2.24, 2.45) is 0 Å². The summed E-state index contributed by atoms with van der Waals surface area (Å²) in [7, 11) is 0. The van der Waals surface area contributed by atoms with E-state index < -0.39 is 5.97 Å². The molecule has 1 aromatic heterocycles. The number of hydrogen-bond donors (Lipinski definition) is 1. The fraction of sp³-hybridized carbons (Fsp3) is 0.200. The lowest BCUT2D eigenvalue weighted by Crippen LogP contribution is -1.98. The number of carboxylic acids is 1. The average Bonchev–Trinajstić information content (AvgIpc) is 2.45. The molecule has 0 aliphatic carbocycles. The number of pyridine rings is 1. The highest BCUT2D eigenvalue weighted by Crippen LogP contribution is 2.27. The Morgan fingerprint density at radius 1 is 1.30 bits per heavy atom. The Kier molecular flexibility index (Phi) is 4.74. The van der Waals surface area contributed by atoms with Gasteiger partial charge in [-0.3, -0.25) is 4.98 Å². The largest absolute Gasteiger partial charge is 0.492 e. The predicted octanol–water partition coefficient (Wildman–Crippen LogP) is 4.00. The van der Waals surface area contributed by atoms with Gasteiger partial charge in [0, 0.05) is 16.2 Å². The van der Waals surface area contributed by atoms with E-state index in [0.717, 1.165) is 17.5 Å². The summed E-state index contributed by atoms with van der Waals surface area (Å²) < 4.78 is 6.09. The lowest BCUT2D eigenvalue weighted by molar-refractivity contribution is 0.0696. The molecular weight excluding hydrogens is 322 g/mol. The maximum atomic E-state index is 11.1. The summed E-state index contributed by atoms with van der Waals surface area (Å²) in [5.41, 5.74) is 1.84. The summed E-state index contributed by atoms with van der Waals surface area (Å²) in [6, 6.07) is 7.04. The first-order valence-electron chi connectivity index (χ1n) is 6.23. The van der Waals surface area contributed by atoms with Crippen molar-refractivity contribution in [1.29, 1.82) is 0 Å². The van der Waals surface area contributed by atoms with E-state index in [2.05, 4.69) is 20.9 Å². The van der Waals surface area contributed by atoms with E-state index in [1.807, 2.05) is 19.1 Å². The quantitative estimate of drug-likeness (QED) is 0.897. The topological polar surface area (TPSA) is 59.4 Å². The van der Waals surface area contributed by atoms with Gasteiger partial charge >= 0.3 is 5.97 Å². The Balaban J connectivity index is 2.36. The number of carbonyl (C=O) groups is 1. The first-order valence-corrected chi connectivity index (χ1v) is 7.02. The van der Waals surface area contributed by atoms with Crippen LogP contribution in [-0.2, 0) is 0 Å². The van der Waals surface area contributed by atoms with Gasteiger partial charge in [0.05, 0.1) is 18.4 Å². The van der Waals surface area contributed by atoms with Gasteiger partial charge in [0.25, 0.3) is 0 Å². The van der Waals surface area contributed by atoms with Crippen molar-refractivity contribution < 1.29 is 14.6 Å². The van der Waals surface area contributed by atoms with E-state index in [0.29, 0.717) is 16.8 Å². The molecule has 5 heteroatoms. The number of carboxylic acid groups (broad SMARTS) is 1. The molecule has 0 radical (unpaired) electrons. The highest BCUT2D eigenvalue weighted by atomic mass is 79.9. The molecule has 4 nitrogen and oxygen atoms in total. The molecular formula is C15H14BrNO3. The van der Waals surface area contributed by atoms with E-state index in [1.165, 1.54) is 0 Å². The molecule has 0 saturated heterocycles. The van der Waals surface area contributed by atoms with Crippen molar-refractivity contribution in [2.45, 2.75) is 13.3 Å². The zero-order valence-corrected chi connectivity index (χ0v) is 12.6. The minimum Gasteiger partial charge on any atom is -0.492 e. The third-order valence-electron chi connectivity index (χ3n) is 2.72.